The predicted molar refractivity (Wildman–Crippen MR) is 66.2 cm³/mol. The van der Waals surface area contributed by atoms with Crippen LogP contribution in [0.25, 0.3) is 10.6 Å². The SMILES string of the molecule is CC(=O)c1sc(-c2cccc(O)c2)nc1C(=O)O. The van der Waals surface area contributed by atoms with Crippen LogP contribution in [0.1, 0.15) is 27.1 Å². The first kappa shape index (κ1) is 12.3. The van der Waals surface area contributed by atoms with E-state index in [1.807, 2.05) is 0 Å². The van der Waals surface area contributed by atoms with Crippen molar-refractivity contribution in [3.05, 3.63) is 34.8 Å². The molecule has 0 aliphatic carbocycles. The molecule has 1 heterocycles. The number of thiazole rings is 1. The minimum absolute atomic E-state index is 0.0592. The van der Waals surface area contributed by atoms with E-state index < -0.39 is 5.97 Å². The summed E-state index contributed by atoms with van der Waals surface area (Å²) >= 11 is 1.01. The molecule has 0 radical (unpaired) electrons. The number of hydrogen-bond donors (Lipinski definition) is 2. The van der Waals surface area contributed by atoms with E-state index in [0.717, 1.165) is 11.3 Å². The van der Waals surface area contributed by atoms with Gasteiger partial charge in [0.25, 0.3) is 0 Å². The molecule has 2 rings (SSSR count). The van der Waals surface area contributed by atoms with Crippen LogP contribution in [-0.2, 0) is 0 Å². The van der Waals surface area contributed by atoms with Gasteiger partial charge in [-0.05, 0) is 12.1 Å². The summed E-state index contributed by atoms with van der Waals surface area (Å²) in [5, 5.41) is 18.7. The van der Waals surface area contributed by atoms with Gasteiger partial charge in [0.2, 0.25) is 0 Å². The molecular weight excluding hydrogens is 254 g/mol. The van der Waals surface area contributed by atoms with Crippen molar-refractivity contribution in [1.82, 2.24) is 4.98 Å². The van der Waals surface area contributed by atoms with Crippen molar-refractivity contribution in [3.8, 4) is 16.3 Å². The average molecular weight is 263 g/mol. The van der Waals surface area contributed by atoms with Gasteiger partial charge >= 0.3 is 5.97 Å². The predicted octanol–water partition coefficient (Wildman–Crippen LogP) is 2.42. The topological polar surface area (TPSA) is 87.5 Å². The summed E-state index contributed by atoms with van der Waals surface area (Å²) in [6.45, 7) is 1.30. The number of rotatable bonds is 3. The van der Waals surface area contributed by atoms with Crippen LogP contribution in [0.3, 0.4) is 0 Å². The number of carbonyl (C=O) groups is 2. The number of aromatic hydroxyl groups is 1. The number of ketones is 1. The van der Waals surface area contributed by atoms with E-state index in [4.69, 9.17) is 5.11 Å². The molecule has 5 nitrogen and oxygen atoms in total. The summed E-state index contributed by atoms with van der Waals surface area (Å²) in [6.07, 6.45) is 0. The van der Waals surface area contributed by atoms with Crippen LogP contribution in [-0.4, -0.2) is 26.9 Å². The number of nitrogens with zero attached hydrogens (tertiary/aromatic N) is 1. The quantitative estimate of drug-likeness (QED) is 0.830. The Morgan fingerprint density at radius 3 is 2.56 bits per heavy atom. The first-order chi connectivity index (χ1) is 8.49. The minimum atomic E-state index is -1.23. The molecule has 18 heavy (non-hydrogen) atoms. The van der Waals surface area contributed by atoms with Gasteiger partial charge in [-0.3, -0.25) is 4.79 Å². The highest BCUT2D eigenvalue weighted by Gasteiger charge is 2.21. The number of carbonyl (C=O) groups excluding carboxylic acids is 1. The number of carboxylic acids is 1. The monoisotopic (exact) mass is 263 g/mol. The van der Waals surface area contributed by atoms with Gasteiger partial charge in [-0.2, -0.15) is 0 Å². The maximum atomic E-state index is 11.3. The zero-order chi connectivity index (χ0) is 13.3. The van der Waals surface area contributed by atoms with Crippen LogP contribution < -0.4 is 0 Å². The van der Waals surface area contributed by atoms with Crippen LogP contribution in [0.4, 0.5) is 0 Å². The molecule has 0 saturated heterocycles. The third-order valence-corrected chi connectivity index (χ3v) is 3.45. The minimum Gasteiger partial charge on any atom is -0.508 e. The Hall–Kier alpha value is -2.21. The number of Topliss-reactive ketones (excluding diaryl/α,β-unsaturated/α-hetero) is 1. The lowest BCUT2D eigenvalue weighted by Gasteiger charge is -1.96. The number of aromatic nitrogens is 1. The third kappa shape index (κ3) is 2.23. The number of aromatic carboxylic acids is 1. The molecule has 0 aliphatic rings. The van der Waals surface area contributed by atoms with Gasteiger partial charge in [0.1, 0.15) is 15.6 Å². The summed E-state index contributed by atoms with van der Waals surface area (Å²) in [7, 11) is 0. The van der Waals surface area contributed by atoms with Gasteiger partial charge < -0.3 is 10.2 Å². The molecule has 0 spiro atoms. The molecule has 0 aliphatic heterocycles. The molecule has 2 aromatic rings. The fraction of sp³-hybridized carbons (Fsp3) is 0.0833. The van der Waals surface area contributed by atoms with Crippen molar-refractivity contribution in [3.63, 3.8) is 0 Å². The number of hydrogen-bond acceptors (Lipinski definition) is 5. The molecule has 92 valence electrons. The van der Waals surface area contributed by atoms with E-state index in [1.165, 1.54) is 19.1 Å². The zero-order valence-corrected chi connectivity index (χ0v) is 10.2. The van der Waals surface area contributed by atoms with Gasteiger partial charge in [-0.15, -0.1) is 11.3 Å². The van der Waals surface area contributed by atoms with E-state index in [2.05, 4.69) is 4.98 Å². The maximum Gasteiger partial charge on any atom is 0.356 e. The first-order valence-electron chi connectivity index (χ1n) is 5.03. The molecule has 0 saturated carbocycles. The van der Waals surface area contributed by atoms with Gasteiger partial charge in [-0.1, -0.05) is 12.1 Å². The summed E-state index contributed by atoms with van der Waals surface area (Å²) in [4.78, 5) is 26.4. The van der Waals surface area contributed by atoms with Crippen LogP contribution in [0, 0.1) is 0 Å². The maximum absolute atomic E-state index is 11.3. The van der Waals surface area contributed by atoms with Crippen molar-refractivity contribution < 1.29 is 19.8 Å². The molecule has 0 fully saturated rings. The average Bonchev–Trinajstić information content (AvgIpc) is 2.73. The summed E-state index contributed by atoms with van der Waals surface area (Å²) < 4.78 is 0. The number of benzene rings is 1. The Bertz CT molecular complexity index is 601. The standard InChI is InChI=1S/C12H9NO4S/c1-6(14)10-9(12(16)17)13-11(18-10)7-3-2-4-8(15)5-7/h2-5,15H,1H3,(H,16,17). The summed E-state index contributed by atoms with van der Waals surface area (Å²) in [5.74, 6) is -1.51. The highest BCUT2D eigenvalue weighted by Crippen LogP contribution is 2.30. The smallest absolute Gasteiger partial charge is 0.356 e. The lowest BCUT2D eigenvalue weighted by molar-refractivity contribution is 0.0687. The Morgan fingerprint density at radius 2 is 2.06 bits per heavy atom. The molecule has 0 unspecified atom stereocenters. The van der Waals surface area contributed by atoms with Gasteiger partial charge in [0, 0.05) is 12.5 Å². The van der Waals surface area contributed by atoms with E-state index in [-0.39, 0.29) is 22.1 Å². The molecule has 0 bridgehead atoms. The van der Waals surface area contributed by atoms with E-state index >= 15 is 0 Å². The van der Waals surface area contributed by atoms with Crippen LogP contribution in [0.2, 0.25) is 0 Å². The van der Waals surface area contributed by atoms with E-state index in [1.54, 1.807) is 12.1 Å². The van der Waals surface area contributed by atoms with Gasteiger partial charge in [-0.25, -0.2) is 9.78 Å². The Labute approximate surface area is 106 Å². The summed E-state index contributed by atoms with van der Waals surface area (Å²) in [5.41, 5.74) is 0.334. The second-order valence-electron chi connectivity index (χ2n) is 3.61. The lowest BCUT2D eigenvalue weighted by Crippen LogP contribution is -2.03. The van der Waals surface area contributed by atoms with Crippen molar-refractivity contribution in [2.75, 3.05) is 0 Å². The molecule has 1 aromatic carbocycles. The van der Waals surface area contributed by atoms with Gasteiger partial charge in [0.05, 0.1) is 0 Å². The Balaban J connectivity index is 2.57. The van der Waals surface area contributed by atoms with Crippen molar-refractivity contribution >= 4 is 23.1 Å². The van der Waals surface area contributed by atoms with E-state index in [9.17, 15) is 14.7 Å². The Morgan fingerprint density at radius 1 is 1.33 bits per heavy atom. The molecule has 0 atom stereocenters. The lowest BCUT2D eigenvalue weighted by atomic mass is 10.2. The molecule has 2 N–H and O–H groups in total. The van der Waals surface area contributed by atoms with E-state index in [0.29, 0.717) is 10.6 Å². The largest absolute Gasteiger partial charge is 0.508 e. The van der Waals surface area contributed by atoms with Crippen molar-refractivity contribution in [1.29, 1.82) is 0 Å². The highest BCUT2D eigenvalue weighted by atomic mass is 32.1. The van der Waals surface area contributed by atoms with Crippen LogP contribution in [0.15, 0.2) is 24.3 Å². The molecule has 0 amide bonds. The van der Waals surface area contributed by atoms with Crippen LogP contribution >= 0.6 is 11.3 Å². The number of phenolic OH excluding ortho intramolecular Hbond substituents is 1. The fourth-order valence-corrected chi connectivity index (χ4v) is 2.41. The zero-order valence-electron chi connectivity index (χ0n) is 9.38. The fourth-order valence-electron chi connectivity index (χ4n) is 1.47. The second kappa shape index (κ2) is 4.58. The number of phenols is 1. The molecule has 1 aromatic heterocycles. The first-order valence-corrected chi connectivity index (χ1v) is 5.85. The molecular formula is C12H9NO4S. The van der Waals surface area contributed by atoms with Crippen molar-refractivity contribution in [2.45, 2.75) is 6.92 Å². The summed E-state index contributed by atoms with van der Waals surface area (Å²) in [6, 6.07) is 6.28. The number of carboxylic acid groups (broad SMARTS) is 1. The van der Waals surface area contributed by atoms with Crippen LogP contribution in [0.5, 0.6) is 5.75 Å². The molecule has 6 heteroatoms. The van der Waals surface area contributed by atoms with Crippen molar-refractivity contribution in [2.24, 2.45) is 0 Å². The second-order valence-corrected chi connectivity index (χ2v) is 4.61. The van der Waals surface area contributed by atoms with Gasteiger partial charge in [0.15, 0.2) is 11.5 Å². The normalized spacial score (nSPS) is 10.3. The third-order valence-electron chi connectivity index (χ3n) is 2.24. The Kier molecular flexibility index (Phi) is 3.12. The highest BCUT2D eigenvalue weighted by molar-refractivity contribution is 7.17.